The van der Waals surface area contributed by atoms with Gasteiger partial charge in [0, 0.05) is 12.7 Å². The van der Waals surface area contributed by atoms with Gasteiger partial charge in [-0.3, -0.25) is 4.79 Å². The van der Waals surface area contributed by atoms with Crippen LogP contribution >= 0.6 is 11.8 Å². The highest BCUT2D eigenvalue weighted by atomic mass is 32.2. The van der Waals surface area contributed by atoms with Crippen molar-refractivity contribution in [3.63, 3.8) is 0 Å². The zero-order valence-corrected chi connectivity index (χ0v) is 11.9. The zero-order valence-electron chi connectivity index (χ0n) is 11.0. The fourth-order valence-corrected chi connectivity index (χ4v) is 2.31. The molecule has 0 aliphatic rings. The summed E-state index contributed by atoms with van der Waals surface area (Å²) in [6.07, 6.45) is -3.37. The van der Waals surface area contributed by atoms with Crippen LogP contribution in [0, 0.1) is 11.6 Å². The van der Waals surface area contributed by atoms with Gasteiger partial charge in [0.05, 0.1) is 17.2 Å². The van der Waals surface area contributed by atoms with Gasteiger partial charge in [-0.15, -0.1) is 0 Å². The minimum atomic E-state index is -1.85. The largest absolute Gasteiger partial charge is 0.478 e. The second-order valence-corrected chi connectivity index (χ2v) is 5.57. The van der Waals surface area contributed by atoms with E-state index in [-0.39, 0.29) is 17.3 Å². The van der Waals surface area contributed by atoms with Crippen molar-refractivity contribution >= 4 is 22.8 Å². The van der Waals surface area contributed by atoms with Gasteiger partial charge in [0.2, 0.25) is 0 Å². The van der Waals surface area contributed by atoms with E-state index in [1.807, 2.05) is 0 Å². The van der Waals surface area contributed by atoms with Crippen LogP contribution < -0.4 is 0 Å². The van der Waals surface area contributed by atoms with Crippen molar-refractivity contribution in [3.8, 4) is 0 Å². The molecule has 1 rings (SSSR count). The lowest BCUT2D eigenvalue weighted by Crippen LogP contribution is -2.22. The first kappa shape index (κ1) is 17.5. The summed E-state index contributed by atoms with van der Waals surface area (Å²) in [5.41, 5.74) is -1.39. The number of thioether (sulfide) groups is 1. The summed E-state index contributed by atoms with van der Waals surface area (Å²) >= 11 is 0.912. The van der Waals surface area contributed by atoms with Gasteiger partial charge in [-0.05, 0) is 18.6 Å². The second-order valence-electron chi connectivity index (χ2n) is 4.30. The molecule has 0 amide bonds. The van der Waals surface area contributed by atoms with E-state index in [2.05, 4.69) is 0 Å². The molecule has 0 radical (unpaired) electrons. The molecular formula is C13H14F2O5S. The summed E-state index contributed by atoms with van der Waals surface area (Å²) in [6.45, 7) is 1.33. The first-order valence-corrected chi connectivity index (χ1v) is 6.94. The number of hydrogen-bond donors (Lipinski definition) is 3. The monoisotopic (exact) mass is 320 g/mol. The highest BCUT2D eigenvalue weighted by Gasteiger charge is 2.26. The number of benzene rings is 1. The molecule has 0 fully saturated rings. The lowest BCUT2D eigenvalue weighted by atomic mass is 10.00. The van der Waals surface area contributed by atoms with E-state index in [9.17, 15) is 28.6 Å². The topological polar surface area (TPSA) is 94.8 Å². The van der Waals surface area contributed by atoms with Gasteiger partial charge in [0.1, 0.15) is 17.7 Å². The van der Waals surface area contributed by atoms with Crippen LogP contribution in [0.5, 0.6) is 0 Å². The number of carboxylic acids is 1. The summed E-state index contributed by atoms with van der Waals surface area (Å²) in [7, 11) is 0. The van der Waals surface area contributed by atoms with Crippen LogP contribution in [-0.2, 0) is 4.79 Å². The molecule has 1 aromatic carbocycles. The van der Waals surface area contributed by atoms with Crippen molar-refractivity contribution in [2.45, 2.75) is 25.6 Å². The molecule has 0 aromatic heterocycles. The maximum atomic E-state index is 13.7. The number of carbonyl (C=O) groups excluding carboxylic acids is 1. The minimum absolute atomic E-state index is 0.0506. The number of carboxylic acid groups (broad SMARTS) is 1. The van der Waals surface area contributed by atoms with Crippen molar-refractivity contribution in [3.05, 3.63) is 34.9 Å². The van der Waals surface area contributed by atoms with Gasteiger partial charge < -0.3 is 15.3 Å². The Hall–Kier alpha value is -1.51. The Labute approximate surface area is 123 Å². The molecule has 0 bridgehead atoms. The lowest BCUT2D eigenvalue weighted by Gasteiger charge is -2.19. The van der Waals surface area contributed by atoms with Crippen LogP contribution in [0.4, 0.5) is 8.78 Å². The average molecular weight is 320 g/mol. The molecule has 0 aliphatic heterocycles. The molecule has 1 aromatic rings. The van der Waals surface area contributed by atoms with Crippen molar-refractivity contribution in [1.29, 1.82) is 0 Å². The lowest BCUT2D eigenvalue weighted by molar-refractivity contribution is -0.109. The Bertz CT molecular complexity index is 526. The average Bonchev–Trinajstić information content (AvgIpc) is 2.36. The number of hydrogen-bond acceptors (Lipinski definition) is 5. The van der Waals surface area contributed by atoms with E-state index in [0.717, 1.165) is 11.8 Å². The molecule has 2 unspecified atom stereocenters. The fourth-order valence-electron chi connectivity index (χ4n) is 1.66. The van der Waals surface area contributed by atoms with Crippen molar-refractivity contribution < 1.29 is 33.7 Å². The third-order valence-corrected chi connectivity index (χ3v) is 3.55. The number of halogens is 2. The Morgan fingerprint density at radius 1 is 1.24 bits per heavy atom. The molecule has 0 spiro atoms. The smallest absolute Gasteiger partial charge is 0.335 e. The Morgan fingerprint density at radius 3 is 2.19 bits per heavy atom. The maximum absolute atomic E-state index is 13.7. The van der Waals surface area contributed by atoms with E-state index in [4.69, 9.17) is 5.11 Å². The first-order chi connectivity index (χ1) is 9.73. The summed E-state index contributed by atoms with van der Waals surface area (Å²) in [4.78, 5) is 21.4. The number of aliphatic hydroxyl groups is 2. The van der Waals surface area contributed by atoms with Gasteiger partial charge in [0.25, 0.3) is 0 Å². The van der Waals surface area contributed by atoms with E-state index in [0.29, 0.717) is 12.1 Å². The number of aromatic carboxylic acids is 1. The van der Waals surface area contributed by atoms with Crippen molar-refractivity contribution in [2.75, 3.05) is 5.75 Å². The molecule has 0 saturated carbocycles. The molecule has 8 heteroatoms. The molecular weight excluding hydrogens is 306 g/mol. The SMILES string of the molecule is CC(=O)SCCC(O)C(O)c1c(F)cc(C(=O)O)cc1F. The van der Waals surface area contributed by atoms with Crippen LogP contribution in [-0.4, -0.2) is 38.3 Å². The third-order valence-electron chi connectivity index (χ3n) is 2.71. The number of carbonyl (C=O) groups is 2. The van der Waals surface area contributed by atoms with E-state index in [1.165, 1.54) is 6.92 Å². The van der Waals surface area contributed by atoms with Crippen LogP contribution in [0.1, 0.15) is 35.4 Å². The highest BCUT2D eigenvalue weighted by molar-refractivity contribution is 8.13. The maximum Gasteiger partial charge on any atom is 0.335 e. The third kappa shape index (κ3) is 4.76. The molecule has 2 atom stereocenters. The van der Waals surface area contributed by atoms with Gasteiger partial charge in [0.15, 0.2) is 5.12 Å². The fraction of sp³-hybridized carbons (Fsp3) is 0.385. The summed E-state index contributed by atoms with van der Waals surface area (Å²) in [5.74, 6) is -3.83. The summed E-state index contributed by atoms with van der Waals surface area (Å²) in [6, 6.07) is 1.14. The zero-order chi connectivity index (χ0) is 16.2. The molecule has 0 aliphatic carbocycles. The Kier molecular flexibility index (Phi) is 6.25. The van der Waals surface area contributed by atoms with Crippen LogP contribution in [0.25, 0.3) is 0 Å². The second kappa shape index (κ2) is 7.48. The molecule has 0 saturated heterocycles. The first-order valence-electron chi connectivity index (χ1n) is 5.95. The molecule has 5 nitrogen and oxygen atoms in total. The number of aliphatic hydroxyl groups excluding tert-OH is 2. The minimum Gasteiger partial charge on any atom is -0.478 e. The normalized spacial score (nSPS) is 13.8. The van der Waals surface area contributed by atoms with Crippen molar-refractivity contribution in [1.82, 2.24) is 0 Å². The molecule has 116 valence electrons. The van der Waals surface area contributed by atoms with Crippen LogP contribution in [0.2, 0.25) is 0 Å². The van der Waals surface area contributed by atoms with Gasteiger partial charge in [-0.2, -0.15) is 0 Å². The molecule has 0 heterocycles. The number of rotatable bonds is 6. The summed E-state index contributed by atoms with van der Waals surface area (Å²) in [5, 5.41) is 27.9. The van der Waals surface area contributed by atoms with Crippen molar-refractivity contribution in [2.24, 2.45) is 0 Å². The van der Waals surface area contributed by atoms with E-state index < -0.39 is 40.9 Å². The van der Waals surface area contributed by atoms with Crippen LogP contribution in [0.3, 0.4) is 0 Å². The van der Waals surface area contributed by atoms with Gasteiger partial charge >= 0.3 is 5.97 Å². The predicted molar refractivity (Wildman–Crippen MR) is 72.0 cm³/mol. The van der Waals surface area contributed by atoms with E-state index >= 15 is 0 Å². The quantitative estimate of drug-likeness (QED) is 0.739. The highest BCUT2D eigenvalue weighted by Crippen LogP contribution is 2.27. The van der Waals surface area contributed by atoms with Gasteiger partial charge in [-0.1, -0.05) is 11.8 Å². The Balaban J connectivity index is 2.89. The summed E-state index contributed by atoms with van der Waals surface area (Å²) < 4.78 is 27.4. The Morgan fingerprint density at radius 2 is 1.76 bits per heavy atom. The van der Waals surface area contributed by atoms with E-state index in [1.54, 1.807) is 0 Å². The standard InChI is InChI=1S/C13H14F2O5S/c1-6(16)21-3-2-10(17)12(18)11-8(14)4-7(13(19)20)5-9(11)15/h4-5,10,12,17-18H,2-3H2,1H3,(H,19,20). The predicted octanol–water partition coefficient (Wildman–Crippen LogP) is 1.73. The van der Waals surface area contributed by atoms with Crippen LogP contribution in [0.15, 0.2) is 12.1 Å². The van der Waals surface area contributed by atoms with Gasteiger partial charge in [-0.25, -0.2) is 13.6 Å². The molecule has 21 heavy (non-hydrogen) atoms. The molecule has 3 N–H and O–H groups in total.